The molecule has 0 spiro atoms. The molecule has 7 rings (SSSR count). The number of rotatable bonds is 12. The molecule has 11 atom stereocenters. The summed E-state index contributed by atoms with van der Waals surface area (Å²) in [5.74, 6) is -11.0. The molecule has 1 heterocycles. The Labute approximate surface area is 379 Å². The topological polar surface area (TPSA) is 231 Å². The molecule has 3 aromatic rings. The minimum atomic E-state index is -2.47. The lowest BCUT2D eigenvalue weighted by Crippen LogP contribution is -2.74. The van der Waals surface area contributed by atoms with Crippen LogP contribution in [-0.2, 0) is 52.4 Å². The van der Waals surface area contributed by atoms with Crippen molar-refractivity contribution in [1.29, 1.82) is 0 Å². The Morgan fingerprint density at radius 1 is 0.846 bits per heavy atom. The largest absolute Gasteiger partial charge is 0.455 e. The highest BCUT2D eigenvalue weighted by Crippen LogP contribution is 2.67. The first kappa shape index (κ1) is 47.0. The normalized spacial score (nSPS) is 30.6. The molecule has 4 aliphatic rings. The highest BCUT2D eigenvalue weighted by molar-refractivity contribution is 6.26. The number of epoxide rings is 1. The number of benzene rings is 3. The van der Waals surface area contributed by atoms with E-state index in [9.17, 15) is 39.0 Å². The molecule has 2 saturated carbocycles. The summed E-state index contributed by atoms with van der Waals surface area (Å²) in [7, 11) is 0. The lowest BCUT2D eigenvalue weighted by atomic mass is 9.47. The third kappa shape index (κ3) is 8.32. The predicted molar refractivity (Wildman–Crippen MR) is 227 cm³/mol. The first-order valence-electron chi connectivity index (χ1n) is 21.0. The Balaban J connectivity index is 1.41. The van der Waals surface area contributed by atoms with E-state index < -0.39 is 125 Å². The van der Waals surface area contributed by atoms with E-state index in [0.717, 1.165) is 13.8 Å². The van der Waals surface area contributed by atoms with Crippen molar-refractivity contribution in [3.8, 4) is 0 Å². The Morgan fingerprint density at radius 2 is 1.43 bits per heavy atom. The van der Waals surface area contributed by atoms with Crippen LogP contribution in [0.3, 0.4) is 0 Å². The van der Waals surface area contributed by atoms with E-state index in [-0.39, 0.29) is 28.7 Å². The zero-order valence-electron chi connectivity index (χ0n) is 36.5. The molecule has 1 saturated heterocycles. The molecule has 3 fully saturated rings. The maximum atomic E-state index is 15.5. The predicted octanol–water partition coefficient (Wildman–Crippen LogP) is 4.48. The van der Waals surface area contributed by atoms with E-state index in [0.29, 0.717) is 5.56 Å². The summed E-state index contributed by atoms with van der Waals surface area (Å²) in [4.78, 5) is 97.2. The van der Waals surface area contributed by atoms with Crippen molar-refractivity contribution in [2.75, 3.05) is 5.88 Å². The van der Waals surface area contributed by atoms with Crippen molar-refractivity contribution < 1.29 is 72.2 Å². The van der Waals surface area contributed by atoms with Crippen LogP contribution < -0.4 is 5.32 Å². The van der Waals surface area contributed by atoms with Gasteiger partial charge in [0, 0.05) is 37.7 Å². The molecule has 1 unspecified atom stereocenters. The molecule has 3 N–H and O–H groups in total. The third-order valence-electron chi connectivity index (χ3n) is 13.4. The number of hydrogen-bond donors (Lipinski definition) is 3. The van der Waals surface area contributed by atoms with E-state index in [2.05, 4.69) is 5.32 Å². The molecule has 2 bridgehead atoms. The summed E-state index contributed by atoms with van der Waals surface area (Å²) < 4.78 is 36.0. The lowest BCUT2D eigenvalue weighted by Gasteiger charge is -2.60. The summed E-state index contributed by atoms with van der Waals surface area (Å²) in [5.41, 5.74) is -5.68. The highest BCUT2D eigenvalue weighted by atomic mass is 35.5. The van der Waals surface area contributed by atoms with Gasteiger partial charge < -0.3 is 44.0 Å². The van der Waals surface area contributed by atoms with Crippen molar-refractivity contribution in [3.63, 3.8) is 0 Å². The second-order valence-electron chi connectivity index (χ2n) is 17.5. The van der Waals surface area contributed by atoms with Crippen molar-refractivity contribution >= 4 is 53.1 Å². The quantitative estimate of drug-likeness (QED) is 0.0748. The average molecular weight is 916 g/mol. The van der Waals surface area contributed by atoms with Gasteiger partial charge >= 0.3 is 29.8 Å². The van der Waals surface area contributed by atoms with Gasteiger partial charge in [0.2, 0.25) is 11.9 Å². The number of halogens is 1. The van der Waals surface area contributed by atoms with Gasteiger partial charge in [-0.25, -0.2) is 9.59 Å². The van der Waals surface area contributed by atoms with E-state index in [1.165, 1.54) is 39.8 Å². The van der Waals surface area contributed by atoms with Crippen molar-refractivity contribution in [1.82, 2.24) is 5.32 Å². The molecule has 65 heavy (non-hydrogen) atoms. The fourth-order valence-electron chi connectivity index (χ4n) is 10.0. The van der Waals surface area contributed by atoms with E-state index in [1.807, 2.05) is 0 Å². The average Bonchev–Trinajstić information content (AvgIpc) is 3.96. The number of hydrogen-bond acceptors (Lipinski definition) is 15. The van der Waals surface area contributed by atoms with Gasteiger partial charge in [0.05, 0.1) is 23.0 Å². The number of nitrogens with one attached hydrogen (secondary N) is 1. The number of Topliss-reactive ketones (excluding diaryl/α,β-unsaturated/α-hetero) is 1. The van der Waals surface area contributed by atoms with E-state index >= 15 is 4.79 Å². The molecule has 0 aromatic heterocycles. The van der Waals surface area contributed by atoms with Gasteiger partial charge in [-0.15, -0.1) is 11.6 Å². The van der Waals surface area contributed by atoms with Crippen LogP contribution in [0.1, 0.15) is 86.7 Å². The van der Waals surface area contributed by atoms with Gasteiger partial charge in [-0.1, -0.05) is 80.6 Å². The van der Waals surface area contributed by atoms with Crippen LogP contribution in [0, 0.1) is 16.7 Å². The standard InChI is InChI=1S/C48H50ClNO15/c1-25-31(61-44(58)38(62-34(54)24-49)36(28-16-10-7-11-17-28)50-42(56)29-18-12-8-13-19-29)23-47(59)41(63-43(57)30-20-14-9-15-21-30)39-46(6,32(53)22-33-48(39,65-33)64-27(3)52)40(55)37(60-26(2)51)35(25)45(47,4)5/h7-21,31-33,36-39,41,53,59H,22-24H2,1-6H3,(H,50,56)/t31-,32-,33+,36-,37+,38+,39?,41-,46+,47+,48+/m0/s1. The second-order valence-corrected chi connectivity index (χ2v) is 17.8. The summed E-state index contributed by atoms with van der Waals surface area (Å²) in [6, 6.07) is 22.5. The molecule has 17 heteroatoms. The zero-order valence-corrected chi connectivity index (χ0v) is 37.2. The van der Waals surface area contributed by atoms with Gasteiger partial charge in [0.1, 0.15) is 35.8 Å². The molecule has 3 aliphatic carbocycles. The highest BCUT2D eigenvalue weighted by Gasteiger charge is 2.82. The number of alkyl halides is 1. The van der Waals surface area contributed by atoms with Crippen LogP contribution in [-0.4, -0.2) is 106 Å². The van der Waals surface area contributed by atoms with Gasteiger partial charge in [0.25, 0.3) is 5.91 Å². The van der Waals surface area contributed by atoms with Gasteiger partial charge in [-0.2, -0.15) is 0 Å². The number of esters is 5. The number of aliphatic hydroxyl groups excluding tert-OH is 1. The Hall–Kier alpha value is -5.94. The molecule has 344 valence electrons. The van der Waals surface area contributed by atoms with E-state index in [1.54, 1.807) is 78.9 Å². The number of fused-ring (bicyclic) bond motifs is 5. The number of amides is 1. The lowest BCUT2D eigenvalue weighted by molar-refractivity contribution is -0.252. The number of aliphatic hydroxyl groups is 2. The summed E-state index contributed by atoms with van der Waals surface area (Å²) >= 11 is 5.90. The first-order chi connectivity index (χ1) is 30.7. The zero-order chi connectivity index (χ0) is 47.2. The minimum absolute atomic E-state index is 0.0344. The number of carbonyl (C=O) groups excluding carboxylic acids is 7. The van der Waals surface area contributed by atoms with Crippen LogP contribution >= 0.6 is 11.6 Å². The fraction of sp³-hybridized carbons (Fsp3) is 0.438. The summed E-state index contributed by atoms with van der Waals surface area (Å²) in [5, 5.41) is 28.5. The minimum Gasteiger partial charge on any atom is -0.455 e. The molecular weight excluding hydrogens is 866 g/mol. The van der Waals surface area contributed by atoms with Crippen LogP contribution in [0.2, 0.25) is 0 Å². The van der Waals surface area contributed by atoms with Crippen molar-refractivity contribution in [3.05, 3.63) is 119 Å². The van der Waals surface area contributed by atoms with Crippen LogP contribution in [0.4, 0.5) is 0 Å². The summed E-state index contributed by atoms with van der Waals surface area (Å²) in [6.07, 6.45) is -10.7. The molecule has 1 aliphatic heterocycles. The second kappa shape index (κ2) is 17.8. The Kier molecular flexibility index (Phi) is 12.9. The van der Waals surface area contributed by atoms with Gasteiger partial charge in [-0.05, 0) is 54.8 Å². The Bertz CT molecular complexity index is 2410. The molecule has 3 aromatic carbocycles. The number of ketones is 1. The van der Waals surface area contributed by atoms with E-state index in [4.69, 9.17) is 40.0 Å². The monoisotopic (exact) mass is 915 g/mol. The number of carbonyl (C=O) groups is 7. The molecule has 0 radical (unpaired) electrons. The molecule has 1 amide bonds. The summed E-state index contributed by atoms with van der Waals surface area (Å²) in [6.45, 7) is 8.06. The van der Waals surface area contributed by atoms with Crippen LogP contribution in [0.15, 0.2) is 102 Å². The van der Waals surface area contributed by atoms with Gasteiger partial charge in [0.15, 0.2) is 11.9 Å². The fourth-order valence-corrected chi connectivity index (χ4v) is 10.1. The maximum Gasteiger partial charge on any atom is 0.350 e. The first-order valence-corrected chi connectivity index (χ1v) is 21.6. The molecular formula is C48H50ClNO15. The number of ether oxygens (including phenoxy) is 6. The smallest absolute Gasteiger partial charge is 0.350 e. The molecule has 16 nitrogen and oxygen atoms in total. The van der Waals surface area contributed by atoms with Crippen LogP contribution in [0.25, 0.3) is 0 Å². The Morgan fingerprint density at radius 3 is 2.00 bits per heavy atom. The van der Waals surface area contributed by atoms with Gasteiger partial charge in [-0.3, -0.25) is 24.0 Å². The van der Waals surface area contributed by atoms with Crippen molar-refractivity contribution in [2.24, 2.45) is 16.7 Å². The maximum absolute atomic E-state index is 15.5. The van der Waals surface area contributed by atoms with Crippen LogP contribution in [0.5, 0.6) is 0 Å². The SMILES string of the molecule is CC(=O)O[C@H]1C(=O)[C@@]2(C)C([C@H](OC(=O)c3ccccc3)[C@]3(O)C[C@H](OC(=O)[C@H](OC(=O)CCl)[C@@H](NC(=O)c4ccccc4)c4ccccc4)C(C)=C1C3(C)C)[C@]1(OC(C)=O)O[C@@H]1C[C@@H]2O. The third-order valence-corrected chi connectivity index (χ3v) is 13.6. The van der Waals surface area contributed by atoms with Crippen molar-refractivity contribution in [2.45, 2.75) is 108 Å².